The molecule has 0 fully saturated rings. The molecule has 1 heterocycles. The molecule has 1 aliphatic rings. The third-order valence-corrected chi connectivity index (χ3v) is 6.91. The van der Waals surface area contributed by atoms with Crippen molar-refractivity contribution in [2.24, 2.45) is 0 Å². The lowest BCUT2D eigenvalue weighted by Crippen LogP contribution is -2.26. The van der Waals surface area contributed by atoms with Gasteiger partial charge in [0.1, 0.15) is 11.1 Å². The van der Waals surface area contributed by atoms with E-state index in [1.807, 2.05) is 32.0 Å². The van der Waals surface area contributed by atoms with Gasteiger partial charge in [0.15, 0.2) is 0 Å². The van der Waals surface area contributed by atoms with Crippen molar-refractivity contribution in [3.05, 3.63) is 52.2 Å². The number of hydrogen-bond acceptors (Lipinski definition) is 4. The van der Waals surface area contributed by atoms with Crippen LogP contribution >= 0.6 is 11.8 Å². The fraction of sp³-hybridized carbons (Fsp3) is 0.458. The first-order valence-corrected chi connectivity index (χ1v) is 11.4. The Morgan fingerprint density at radius 2 is 2.07 bits per heavy atom. The molecule has 4 nitrogen and oxygen atoms in total. The van der Waals surface area contributed by atoms with Gasteiger partial charge in [-0.1, -0.05) is 50.2 Å². The number of nitriles is 1. The van der Waals surface area contributed by atoms with E-state index in [4.69, 9.17) is 4.98 Å². The lowest BCUT2D eigenvalue weighted by Gasteiger charge is -2.19. The van der Waals surface area contributed by atoms with Crippen LogP contribution in [0.1, 0.15) is 67.5 Å². The highest BCUT2D eigenvalue weighted by molar-refractivity contribution is 8.00. The first kappa shape index (κ1) is 21.4. The van der Waals surface area contributed by atoms with Gasteiger partial charge >= 0.3 is 0 Å². The molecule has 0 spiro atoms. The quantitative estimate of drug-likeness (QED) is 0.500. The van der Waals surface area contributed by atoms with Crippen LogP contribution in [-0.2, 0) is 24.1 Å². The highest BCUT2D eigenvalue weighted by Crippen LogP contribution is 2.32. The highest BCUT2D eigenvalue weighted by Gasteiger charge is 2.23. The van der Waals surface area contributed by atoms with E-state index in [0.717, 1.165) is 54.6 Å². The van der Waals surface area contributed by atoms with Crippen LogP contribution < -0.4 is 5.32 Å². The second kappa shape index (κ2) is 9.93. The maximum atomic E-state index is 13.1. The van der Waals surface area contributed by atoms with Gasteiger partial charge in [0, 0.05) is 11.4 Å². The molecule has 1 aromatic heterocycles. The Bertz CT molecular complexity index is 932. The van der Waals surface area contributed by atoms with Crippen LogP contribution in [-0.4, -0.2) is 16.1 Å². The molecule has 3 rings (SSSR count). The van der Waals surface area contributed by atoms with E-state index < -0.39 is 0 Å². The lowest BCUT2D eigenvalue weighted by molar-refractivity contribution is -0.115. The number of carbonyl (C=O) groups is 1. The fourth-order valence-electron chi connectivity index (χ4n) is 3.82. The summed E-state index contributed by atoms with van der Waals surface area (Å²) in [6.45, 7) is 6.12. The monoisotopic (exact) mass is 407 g/mol. The number of pyridine rings is 1. The van der Waals surface area contributed by atoms with Crippen LogP contribution in [0.25, 0.3) is 0 Å². The largest absolute Gasteiger partial charge is 0.325 e. The number of fused-ring (bicyclic) bond motifs is 1. The first-order chi connectivity index (χ1) is 14.1. The molecule has 2 aromatic rings. The van der Waals surface area contributed by atoms with Crippen molar-refractivity contribution in [2.75, 3.05) is 5.32 Å². The van der Waals surface area contributed by atoms with Gasteiger partial charge in [-0.05, 0) is 68.2 Å². The Labute approximate surface area is 178 Å². The average Bonchev–Trinajstić information content (AvgIpc) is 2.97. The summed E-state index contributed by atoms with van der Waals surface area (Å²) in [5.74, 6) is -0.0258. The van der Waals surface area contributed by atoms with Gasteiger partial charge in [0.05, 0.1) is 10.8 Å². The maximum Gasteiger partial charge on any atom is 0.237 e. The molecule has 1 atom stereocenters. The Morgan fingerprint density at radius 1 is 1.28 bits per heavy atom. The minimum absolute atomic E-state index is 0.0258. The average molecular weight is 408 g/mol. The number of thioether (sulfide) groups is 1. The van der Waals surface area contributed by atoms with E-state index in [1.54, 1.807) is 0 Å². The summed E-state index contributed by atoms with van der Waals surface area (Å²) in [6, 6.07) is 10.4. The van der Waals surface area contributed by atoms with E-state index >= 15 is 0 Å². The zero-order valence-electron chi connectivity index (χ0n) is 17.5. The number of benzene rings is 1. The molecule has 1 N–H and O–H groups in total. The normalized spacial score (nSPS) is 14.4. The summed E-state index contributed by atoms with van der Waals surface area (Å²) in [5.41, 5.74) is 6.01. The van der Waals surface area contributed by atoms with Crippen molar-refractivity contribution >= 4 is 23.4 Å². The van der Waals surface area contributed by atoms with Gasteiger partial charge in [-0.15, -0.1) is 0 Å². The van der Waals surface area contributed by atoms with Gasteiger partial charge in [-0.25, -0.2) is 4.98 Å². The second-order valence-electron chi connectivity index (χ2n) is 7.59. The standard InChI is InChI=1S/C24H29N3OS/c1-4-17-12-9-10-16(3)22(17)27-23(28)21(5-2)29-24-19(15-25)14-18-11-7-6-8-13-20(18)26-24/h9-10,12,14,21H,4-8,11,13H2,1-3H3,(H,27,28). The Hall–Kier alpha value is -2.32. The van der Waals surface area contributed by atoms with Gasteiger partial charge in [-0.3, -0.25) is 4.79 Å². The fourth-order valence-corrected chi connectivity index (χ4v) is 4.82. The molecular formula is C24H29N3OS. The minimum Gasteiger partial charge on any atom is -0.325 e. The SMILES string of the molecule is CCc1cccc(C)c1NC(=O)C(CC)Sc1nc2c(cc1C#N)CCCCC2. The maximum absolute atomic E-state index is 13.1. The molecule has 1 aliphatic carbocycles. The predicted molar refractivity (Wildman–Crippen MR) is 119 cm³/mol. The molecule has 0 aliphatic heterocycles. The van der Waals surface area contributed by atoms with E-state index in [9.17, 15) is 10.1 Å². The third kappa shape index (κ3) is 5.00. The zero-order valence-corrected chi connectivity index (χ0v) is 18.4. The Kier molecular flexibility index (Phi) is 7.33. The number of hydrogen-bond donors (Lipinski definition) is 1. The van der Waals surface area contributed by atoms with E-state index in [-0.39, 0.29) is 11.2 Å². The van der Waals surface area contributed by atoms with Crippen molar-refractivity contribution in [3.63, 3.8) is 0 Å². The molecule has 1 aromatic carbocycles. The number of anilines is 1. The topological polar surface area (TPSA) is 65.8 Å². The van der Waals surface area contributed by atoms with Crippen molar-refractivity contribution < 1.29 is 4.79 Å². The molecule has 152 valence electrons. The summed E-state index contributed by atoms with van der Waals surface area (Å²) in [4.78, 5) is 17.9. The lowest BCUT2D eigenvalue weighted by atomic mass is 10.1. The number of aromatic nitrogens is 1. The Morgan fingerprint density at radius 3 is 2.79 bits per heavy atom. The smallest absolute Gasteiger partial charge is 0.237 e. The highest BCUT2D eigenvalue weighted by atomic mass is 32.2. The number of nitrogens with one attached hydrogen (secondary N) is 1. The first-order valence-electron chi connectivity index (χ1n) is 10.6. The van der Waals surface area contributed by atoms with Gasteiger partial charge in [0.25, 0.3) is 0 Å². The molecule has 29 heavy (non-hydrogen) atoms. The minimum atomic E-state index is -0.289. The van der Waals surface area contributed by atoms with Crippen molar-refractivity contribution in [3.8, 4) is 6.07 Å². The second-order valence-corrected chi connectivity index (χ2v) is 8.78. The molecular weight excluding hydrogens is 378 g/mol. The summed E-state index contributed by atoms with van der Waals surface area (Å²) in [6.07, 6.45) is 6.99. The third-order valence-electron chi connectivity index (χ3n) is 5.54. The van der Waals surface area contributed by atoms with Gasteiger partial charge < -0.3 is 5.32 Å². The van der Waals surface area contributed by atoms with Crippen LogP contribution in [0.3, 0.4) is 0 Å². The molecule has 0 radical (unpaired) electrons. The number of carbonyl (C=O) groups excluding carboxylic acids is 1. The number of nitrogens with zero attached hydrogens (tertiary/aromatic N) is 2. The van der Waals surface area contributed by atoms with Gasteiger partial charge in [0.2, 0.25) is 5.91 Å². The summed E-state index contributed by atoms with van der Waals surface area (Å²) in [7, 11) is 0. The van der Waals surface area contributed by atoms with E-state index in [1.165, 1.54) is 23.7 Å². The molecule has 0 bridgehead atoms. The van der Waals surface area contributed by atoms with Crippen LogP contribution in [0.5, 0.6) is 0 Å². The number of para-hydroxylation sites is 1. The Balaban J connectivity index is 1.84. The predicted octanol–water partition coefficient (Wildman–Crippen LogP) is 5.60. The van der Waals surface area contributed by atoms with Crippen molar-refractivity contribution in [1.82, 2.24) is 4.98 Å². The number of amides is 1. The van der Waals surface area contributed by atoms with Crippen LogP contribution in [0.15, 0.2) is 29.3 Å². The zero-order chi connectivity index (χ0) is 20.8. The molecule has 0 saturated carbocycles. The molecule has 1 unspecified atom stereocenters. The summed E-state index contributed by atoms with van der Waals surface area (Å²) in [5, 5.41) is 13.2. The number of aryl methyl sites for hydroxylation is 4. The van der Waals surface area contributed by atoms with E-state index in [2.05, 4.69) is 24.4 Å². The summed E-state index contributed by atoms with van der Waals surface area (Å²) >= 11 is 1.42. The van der Waals surface area contributed by atoms with Crippen LogP contribution in [0.4, 0.5) is 5.69 Å². The van der Waals surface area contributed by atoms with Crippen molar-refractivity contribution in [2.45, 2.75) is 76.0 Å². The van der Waals surface area contributed by atoms with Crippen molar-refractivity contribution in [1.29, 1.82) is 5.26 Å². The van der Waals surface area contributed by atoms with Crippen LogP contribution in [0, 0.1) is 18.3 Å². The molecule has 5 heteroatoms. The number of rotatable bonds is 6. The molecule has 0 saturated heterocycles. The summed E-state index contributed by atoms with van der Waals surface area (Å²) < 4.78 is 0. The van der Waals surface area contributed by atoms with Crippen LogP contribution in [0.2, 0.25) is 0 Å². The molecule has 1 amide bonds. The van der Waals surface area contributed by atoms with Gasteiger partial charge in [-0.2, -0.15) is 5.26 Å². The van der Waals surface area contributed by atoms with E-state index in [0.29, 0.717) is 17.0 Å².